The monoisotopic (exact) mass is 316 g/mol. The van der Waals surface area contributed by atoms with E-state index in [1.165, 1.54) is 7.11 Å². The second-order valence-corrected chi connectivity index (χ2v) is 5.32. The van der Waals surface area contributed by atoms with Crippen molar-refractivity contribution >= 4 is 17.7 Å². The van der Waals surface area contributed by atoms with Gasteiger partial charge in [-0.25, -0.2) is 13.6 Å². The highest BCUT2D eigenvalue weighted by Gasteiger charge is 2.22. The first-order valence-corrected chi connectivity index (χ1v) is 6.48. The third kappa shape index (κ3) is 5.19. The summed E-state index contributed by atoms with van der Waals surface area (Å²) in [5.41, 5.74) is -1.16. The van der Waals surface area contributed by atoms with Crippen LogP contribution in [0.15, 0.2) is 12.1 Å². The lowest BCUT2D eigenvalue weighted by Gasteiger charge is -2.25. The molecule has 2 amide bonds. The molecule has 1 aromatic carbocycles. The Bertz CT molecular complexity index is 576. The number of hydrogen-bond donors (Lipinski definition) is 3. The summed E-state index contributed by atoms with van der Waals surface area (Å²) in [6.45, 7) is 3.25. The Morgan fingerprint density at radius 1 is 1.27 bits per heavy atom. The quantitative estimate of drug-likeness (QED) is 0.753. The Labute approximate surface area is 126 Å². The van der Waals surface area contributed by atoms with Crippen LogP contribution in [0.1, 0.15) is 26.7 Å². The number of ether oxygens (including phenoxy) is 1. The van der Waals surface area contributed by atoms with Crippen molar-refractivity contribution in [3.8, 4) is 5.75 Å². The van der Waals surface area contributed by atoms with Gasteiger partial charge in [-0.15, -0.1) is 0 Å². The molecule has 3 N–H and O–H groups in total. The molecule has 0 atom stereocenters. The highest BCUT2D eigenvalue weighted by atomic mass is 19.1. The average molecular weight is 316 g/mol. The first-order chi connectivity index (χ1) is 10.1. The van der Waals surface area contributed by atoms with Gasteiger partial charge < -0.3 is 20.5 Å². The Hall–Kier alpha value is -2.38. The van der Waals surface area contributed by atoms with Gasteiger partial charge in [-0.05, 0) is 20.3 Å². The molecule has 0 aliphatic carbocycles. The van der Waals surface area contributed by atoms with Crippen molar-refractivity contribution in [1.29, 1.82) is 0 Å². The normalized spacial score (nSPS) is 11.0. The molecule has 0 aromatic heterocycles. The zero-order valence-electron chi connectivity index (χ0n) is 12.5. The molecule has 0 bridgehead atoms. The second kappa shape index (κ2) is 7.06. The molecule has 0 unspecified atom stereocenters. The highest BCUT2D eigenvalue weighted by molar-refractivity contribution is 5.90. The van der Waals surface area contributed by atoms with E-state index in [9.17, 15) is 18.4 Å². The van der Waals surface area contributed by atoms with Crippen molar-refractivity contribution in [3.05, 3.63) is 23.8 Å². The predicted molar refractivity (Wildman–Crippen MR) is 76.0 cm³/mol. The summed E-state index contributed by atoms with van der Waals surface area (Å²) < 4.78 is 31.8. The van der Waals surface area contributed by atoms with E-state index in [1.54, 1.807) is 13.8 Å². The molecular weight excluding hydrogens is 298 g/mol. The van der Waals surface area contributed by atoms with Gasteiger partial charge in [0.2, 0.25) is 0 Å². The van der Waals surface area contributed by atoms with Crippen LogP contribution in [-0.4, -0.2) is 29.8 Å². The Morgan fingerprint density at radius 3 is 2.45 bits per heavy atom. The first kappa shape index (κ1) is 17.7. The lowest BCUT2D eigenvalue weighted by molar-refractivity contribution is -0.137. The minimum atomic E-state index is -0.987. The molecule has 22 heavy (non-hydrogen) atoms. The standard InChI is InChI=1S/C14H18F2N2O4/c1-14(2,5-4-12(19)20)18-13(21)17-10-6-9(16)11(22-3)7-8(10)15/h6-7H,4-5H2,1-3H3,(H,19,20)(H2,17,18,21). The van der Waals surface area contributed by atoms with Gasteiger partial charge in [0.15, 0.2) is 17.4 Å². The lowest BCUT2D eigenvalue weighted by Crippen LogP contribution is -2.45. The van der Waals surface area contributed by atoms with E-state index in [0.717, 1.165) is 12.1 Å². The fourth-order valence-electron chi connectivity index (χ4n) is 1.72. The number of urea groups is 1. The van der Waals surface area contributed by atoms with Crippen LogP contribution in [-0.2, 0) is 4.79 Å². The number of anilines is 1. The molecule has 1 aromatic rings. The van der Waals surface area contributed by atoms with Crippen molar-refractivity contribution in [2.24, 2.45) is 0 Å². The fraction of sp³-hybridized carbons (Fsp3) is 0.429. The number of carbonyl (C=O) groups excluding carboxylic acids is 1. The number of amides is 2. The molecule has 0 fully saturated rings. The number of carbonyl (C=O) groups is 2. The van der Waals surface area contributed by atoms with Crippen LogP contribution >= 0.6 is 0 Å². The molecule has 0 spiro atoms. The van der Waals surface area contributed by atoms with E-state index in [-0.39, 0.29) is 24.3 Å². The fourth-order valence-corrected chi connectivity index (χ4v) is 1.72. The second-order valence-electron chi connectivity index (χ2n) is 5.32. The van der Waals surface area contributed by atoms with Gasteiger partial charge in [0, 0.05) is 24.1 Å². The largest absolute Gasteiger partial charge is 0.494 e. The van der Waals surface area contributed by atoms with E-state index in [4.69, 9.17) is 5.11 Å². The molecule has 0 saturated heterocycles. The molecule has 0 heterocycles. The van der Waals surface area contributed by atoms with Crippen molar-refractivity contribution in [2.45, 2.75) is 32.2 Å². The summed E-state index contributed by atoms with van der Waals surface area (Å²) in [5, 5.41) is 13.3. The third-order valence-electron chi connectivity index (χ3n) is 2.91. The summed E-state index contributed by atoms with van der Waals surface area (Å²) in [6, 6.07) is 0.859. The van der Waals surface area contributed by atoms with Crippen molar-refractivity contribution in [2.75, 3.05) is 12.4 Å². The van der Waals surface area contributed by atoms with Gasteiger partial charge >= 0.3 is 12.0 Å². The SMILES string of the molecule is COc1cc(F)c(NC(=O)NC(C)(C)CCC(=O)O)cc1F. The number of hydrogen-bond acceptors (Lipinski definition) is 3. The van der Waals surface area contributed by atoms with Crippen LogP contribution < -0.4 is 15.4 Å². The molecule has 6 nitrogen and oxygen atoms in total. The summed E-state index contributed by atoms with van der Waals surface area (Å²) in [7, 11) is 1.20. The number of halogens is 2. The number of methoxy groups -OCH3 is 1. The smallest absolute Gasteiger partial charge is 0.319 e. The van der Waals surface area contributed by atoms with Crippen LogP contribution in [0.5, 0.6) is 5.75 Å². The van der Waals surface area contributed by atoms with E-state index >= 15 is 0 Å². The molecular formula is C14H18F2N2O4. The van der Waals surface area contributed by atoms with E-state index < -0.39 is 29.2 Å². The molecule has 0 aliphatic heterocycles. The zero-order chi connectivity index (χ0) is 16.9. The van der Waals surface area contributed by atoms with Crippen LogP contribution in [0.3, 0.4) is 0 Å². The summed E-state index contributed by atoms with van der Waals surface area (Å²) in [5.74, 6) is -2.93. The predicted octanol–water partition coefficient (Wildman–Crippen LogP) is 2.74. The van der Waals surface area contributed by atoms with E-state index in [1.807, 2.05) is 0 Å². The first-order valence-electron chi connectivity index (χ1n) is 6.48. The Balaban J connectivity index is 2.73. The minimum Gasteiger partial charge on any atom is -0.494 e. The van der Waals surface area contributed by atoms with Crippen LogP contribution in [0, 0.1) is 11.6 Å². The van der Waals surface area contributed by atoms with Gasteiger partial charge in [-0.1, -0.05) is 0 Å². The van der Waals surface area contributed by atoms with Gasteiger partial charge in [-0.3, -0.25) is 4.79 Å². The van der Waals surface area contributed by atoms with Gasteiger partial charge in [0.25, 0.3) is 0 Å². The molecule has 122 valence electrons. The minimum absolute atomic E-state index is 0.126. The van der Waals surface area contributed by atoms with Crippen molar-refractivity contribution in [3.63, 3.8) is 0 Å². The van der Waals surface area contributed by atoms with Gasteiger partial charge in [0.1, 0.15) is 0 Å². The van der Waals surface area contributed by atoms with E-state index in [2.05, 4.69) is 15.4 Å². The van der Waals surface area contributed by atoms with Crippen LogP contribution in [0.4, 0.5) is 19.3 Å². The molecule has 0 aliphatic rings. The maximum absolute atomic E-state index is 13.7. The van der Waals surface area contributed by atoms with Crippen LogP contribution in [0.25, 0.3) is 0 Å². The maximum atomic E-state index is 13.7. The van der Waals surface area contributed by atoms with Crippen molar-refractivity contribution in [1.82, 2.24) is 5.32 Å². The van der Waals surface area contributed by atoms with Gasteiger partial charge in [-0.2, -0.15) is 0 Å². The highest BCUT2D eigenvalue weighted by Crippen LogP contribution is 2.24. The van der Waals surface area contributed by atoms with Gasteiger partial charge in [0.05, 0.1) is 12.8 Å². The maximum Gasteiger partial charge on any atom is 0.319 e. The molecule has 0 radical (unpaired) electrons. The molecule has 1 rings (SSSR count). The topological polar surface area (TPSA) is 87.7 Å². The average Bonchev–Trinajstić information content (AvgIpc) is 2.39. The summed E-state index contributed by atoms with van der Waals surface area (Å²) in [4.78, 5) is 22.3. The number of rotatable bonds is 6. The molecule has 0 saturated carbocycles. The number of carboxylic acid groups (broad SMARTS) is 1. The number of aliphatic carboxylic acids is 1. The van der Waals surface area contributed by atoms with Crippen molar-refractivity contribution < 1.29 is 28.2 Å². The Kier molecular flexibility index (Phi) is 5.67. The van der Waals surface area contributed by atoms with E-state index in [0.29, 0.717) is 0 Å². The Morgan fingerprint density at radius 2 is 1.91 bits per heavy atom. The number of benzene rings is 1. The summed E-state index contributed by atoms with van der Waals surface area (Å²) in [6.07, 6.45) is 0.0635. The van der Waals surface area contributed by atoms with Crippen LogP contribution in [0.2, 0.25) is 0 Å². The lowest BCUT2D eigenvalue weighted by atomic mass is 9.99. The number of carboxylic acids is 1. The zero-order valence-corrected chi connectivity index (χ0v) is 12.5. The molecule has 8 heteroatoms. The number of nitrogens with one attached hydrogen (secondary N) is 2. The third-order valence-corrected chi connectivity index (χ3v) is 2.91. The summed E-state index contributed by atoms with van der Waals surface area (Å²) >= 11 is 0.